The van der Waals surface area contributed by atoms with E-state index in [4.69, 9.17) is 10.00 Å². The number of anilines is 1. The maximum atomic E-state index is 12.1. The lowest BCUT2D eigenvalue weighted by molar-refractivity contribution is 0.0204. The first-order valence-corrected chi connectivity index (χ1v) is 8.02. The van der Waals surface area contributed by atoms with Crippen molar-refractivity contribution in [2.75, 3.05) is 25.0 Å². The summed E-state index contributed by atoms with van der Waals surface area (Å²) >= 11 is 0. The molecule has 0 unspecified atom stereocenters. The zero-order chi connectivity index (χ0) is 16.9. The Morgan fingerprint density at radius 3 is 2.83 bits per heavy atom. The Morgan fingerprint density at radius 1 is 1.52 bits per heavy atom. The van der Waals surface area contributed by atoms with Crippen molar-refractivity contribution in [3.8, 4) is 6.07 Å². The summed E-state index contributed by atoms with van der Waals surface area (Å²) in [5, 5.41) is 19.0. The van der Waals surface area contributed by atoms with Gasteiger partial charge in [-0.3, -0.25) is 5.10 Å². The van der Waals surface area contributed by atoms with Gasteiger partial charge in [-0.1, -0.05) is 0 Å². The Labute approximate surface area is 137 Å². The number of amides is 1. The van der Waals surface area contributed by atoms with Gasteiger partial charge in [0.2, 0.25) is 0 Å². The maximum Gasteiger partial charge on any atom is 0.410 e. The number of likely N-dealkylation sites (tertiary alicyclic amines) is 1. The van der Waals surface area contributed by atoms with Gasteiger partial charge < -0.3 is 15.0 Å². The molecule has 1 saturated heterocycles. The highest BCUT2D eigenvalue weighted by molar-refractivity contribution is 5.68. The summed E-state index contributed by atoms with van der Waals surface area (Å²) in [5.41, 5.74) is 1.55. The smallest absolute Gasteiger partial charge is 0.410 e. The van der Waals surface area contributed by atoms with Crippen LogP contribution in [0, 0.1) is 11.3 Å². The fourth-order valence-corrected chi connectivity index (χ4v) is 2.68. The number of nitriles is 1. The number of hydrogen-bond donors (Lipinski definition) is 2. The number of piperidine rings is 1. The monoisotopic (exact) mass is 319 g/mol. The van der Waals surface area contributed by atoms with Crippen molar-refractivity contribution in [2.45, 2.75) is 51.6 Å². The number of rotatable bonds is 4. The molecule has 7 nitrogen and oxygen atoms in total. The fraction of sp³-hybridized carbons (Fsp3) is 0.688. The van der Waals surface area contributed by atoms with E-state index in [9.17, 15) is 4.79 Å². The molecule has 0 atom stereocenters. The standard InChI is InChI=1S/C16H25N5O2/c1-16(2,3)23-15(22)21-9-5-12(6-10-21)14-13(11-19-20-14)18-8-4-7-17/h11-12,18H,4-6,8-10H2,1-3H3,(H,19,20). The van der Waals surface area contributed by atoms with Crippen LogP contribution in [0.15, 0.2) is 6.20 Å². The van der Waals surface area contributed by atoms with Crippen LogP contribution in [0.5, 0.6) is 0 Å². The summed E-state index contributed by atoms with van der Waals surface area (Å²) in [4.78, 5) is 13.9. The van der Waals surface area contributed by atoms with Crippen molar-refractivity contribution in [1.29, 1.82) is 5.26 Å². The number of hydrogen-bond acceptors (Lipinski definition) is 5. The highest BCUT2D eigenvalue weighted by atomic mass is 16.6. The molecular formula is C16H25N5O2. The molecule has 2 N–H and O–H groups in total. The fourth-order valence-electron chi connectivity index (χ4n) is 2.68. The van der Waals surface area contributed by atoms with E-state index in [1.165, 1.54) is 0 Å². The first kappa shape index (κ1) is 17.1. The molecule has 1 aromatic rings. The molecule has 1 aliphatic heterocycles. The lowest BCUT2D eigenvalue weighted by atomic mass is 9.93. The maximum absolute atomic E-state index is 12.1. The molecule has 23 heavy (non-hydrogen) atoms. The number of aromatic nitrogens is 2. The third kappa shape index (κ3) is 4.88. The molecule has 2 heterocycles. The largest absolute Gasteiger partial charge is 0.444 e. The molecule has 126 valence electrons. The Morgan fingerprint density at radius 2 is 2.22 bits per heavy atom. The van der Waals surface area contributed by atoms with Gasteiger partial charge in [0.15, 0.2) is 0 Å². The normalized spacial score (nSPS) is 16.0. The van der Waals surface area contributed by atoms with Gasteiger partial charge in [-0.15, -0.1) is 0 Å². The van der Waals surface area contributed by atoms with Crippen molar-refractivity contribution in [3.05, 3.63) is 11.9 Å². The van der Waals surface area contributed by atoms with Crippen LogP contribution in [0.4, 0.5) is 10.5 Å². The molecule has 1 fully saturated rings. The van der Waals surface area contributed by atoms with Crippen LogP contribution in [-0.4, -0.2) is 46.4 Å². The second-order valence-electron chi connectivity index (χ2n) is 6.77. The van der Waals surface area contributed by atoms with Gasteiger partial charge in [0.1, 0.15) is 5.60 Å². The van der Waals surface area contributed by atoms with Crippen molar-refractivity contribution in [1.82, 2.24) is 15.1 Å². The lowest BCUT2D eigenvalue weighted by Gasteiger charge is -2.33. The second-order valence-corrected chi connectivity index (χ2v) is 6.77. The van der Waals surface area contributed by atoms with Gasteiger partial charge >= 0.3 is 6.09 Å². The highest BCUT2D eigenvalue weighted by Crippen LogP contribution is 2.31. The van der Waals surface area contributed by atoms with Gasteiger partial charge in [0, 0.05) is 25.6 Å². The molecule has 0 saturated carbocycles. The molecule has 0 aliphatic carbocycles. The second kappa shape index (κ2) is 7.36. The quantitative estimate of drug-likeness (QED) is 0.832. The summed E-state index contributed by atoms with van der Waals surface area (Å²) < 4.78 is 5.42. The van der Waals surface area contributed by atoms with Crippen LogP contribution in [0.3, 0.4) is 0 Å². The van der Waals surface area contributed by atoms with Crippen LogP contribution < -0.4 is 5.32 Å². The number of carbonyl (C=O) groups is 1. The summed E-state index contributed by atoms with van der Waals surface area (Å²) in [5.74, 6) is 0.334. The molecule has 1 aromatic heterocycles. The van der Waals surface area contributed by atoms with Gasteiger partial charge in [-0.05, 0) is 33.6 Å². The minimum absolute atomic E-state index is 0.243. The SMILES string of the molecule is CC(C)(C)OC(=O)N1CCC(c2[nH]ncc2NCCC#N)CC1. The molecule has 1 aliphatic rings. The van der Waals surface area contributed by atoms with Gasteiger partial charge in [0.25, 0.3) is 0 Å². The number of carbonyl (C=O) groups excluding carboxylic acids is 1. The number of nitrogens with one attached hydrogen (secondary N) is 2. The summed E-state index contributed by atoms with van der Waals surface area (Å²) in [6.07, 6.45) is 3.71. The average molecular weight is 319 g/mol. The summed E-state index contributed by atoms with van der Waals surface area (Å²) in [7, 11) is 0. The molecule has 0 radical (unpaired) electrons. The first-order valence-electron chi connectivity index (χ1n) is 8.02. The molecule has 1 amide bonds. The van der Waals surface area contributed by atoms with Crippen LogP contribution in [-0.2, 0) is 4.74 Å². The topological polar surface area (TPSA) is 94.0 Å². The van der Waals surface area contributed by atoms with Crippen LogP contribution >= 0.6 is 0 Å². The molecule has 2 rings (SSSR count). The van der Waals surface area contributed by atoms with E-state index in [-0.39, 0.29) is 6.09 Å². The molecule has 0 spiro atoms. The zero-order valence-corrected chi connectivity index (χ0v) is 14.1. The van der Waals surface area contributed by atoms with Crippen LogP contribution in [0.25, 0.3) is 0 Å². The Balaban J connectivity index is 1.89. The van der Waals surface area contributed by atoms with Crippen LogP contribution in [0.1, 0.15) is 51.6 Å². The summed E-state index contributed by atoms with van der Waals surface area (Å²) in [6, 6.07) is 2.11. The molecular weight excluding hydrogens is 294 g/mol. The van der Waals surface area contributed by atoms with Gasteiger partial charge in [-0.2, -0.15) is 10.4 Å². The number of H-pyrrole nitrogens is 1. The third-order valence-corrected chi connectivity index (χ3v) is 3.78. The third-order valence-electron chi connectivity index (χ3n) is 3.78. The predicted molar refractivity (Wildman–Crippen MR) is 87.1 cm³/mol. The summed E-state index contributed by atoms with van der Waals surface area (Å²) in [6.45, 7) is 7.59. The number of nitrogens with zero attached hydrogens (tertiary/aromatic N) is 3. The van der Waals surface area contributed by atoms with E-state index >= 15 is 0 Å². The van der Waals surface area contributed by atoms with Crippen molar-refractivity contribution < 1.29 is 9.53 Å². The van der Waals surface area contributed by atoms with Crippen molar-refractivity contribution >= 4 is 11.8 Å². The zero-order valence-electron chi connectivity index (χ0n) is 14.1. The average Bonchev–Trinajstić information content (AvgIpc) is 2.94. The van der Waals surface area contributed by atoms with E-state index in [2.05, 4.69) is 21.6 Å². The minimum atomic E-state index is -0.463. The van der Waals surface area contributed by atoms with E-state index < -0.39 is 5.60 Å². The minimum Gasteiger partial charge on any atom is -0.444 e. The van der Waals surface area contributed by atoms with Gasteiger partial charge in [-0.25, -0.2) is 4.79 Å². The Bertz CT molecular complexity index is 562. The molecule has 0 aromatic carbocycles. The number of aromatic amines is 1. The van der Waals surface area contributed by atoms with E-state index in [0.29, 0.717) is 32.0 Å². The predicted octanol–water partition coefficient (Wildman–Crippen LogP) is 2.85. The van der Waals surface area contributed by atoms with E-state index in [1.54, 1.807) is 11.1 Å². The highest BCUT2D eigenvalue weighted by Gasteiger charge is 2.29. The number of ether oxygens (including phenoxy) is 1. The lowest BCUT2D eigenvalue weighted by Crippen LogP contribution is -2.41. The van der Waals surface area contributed by atoms with E-state index in [0.717, 1.165) is 24.2 Å². The van der Waals surface area contributed by atoms with Gasteiger partial charge in [0.05, 0.1) is 30.1 Å². The van der Waals surface area contributed by atoms with Crippen LogP contribution in [0.2, 0.25) is 0 Å². The Kier molecular flexibility index (Phi) is 5.48. The molecule has 0 bridgehead atoms. The van der Waals surface area contributed by atoms with E-state index in [1.807, 2.05) is 20.8 Å². The first-order chi connectivity index (χ1) is 10.9. The molecule has 7 heteroatoms. The van der Waals surface area contributed by atoms with Crippen molar-refractivity contribution in [2.24, 2.45) is 0 Å². The van der Waals surface area contributed by atoms with Crippen molar-refractivity contribution in [3.63, 3.8) is 0 Å². The Hall–Kier alpha value is -2.23.